The van der Waals surface area contributed by atoms with Crippen molar-refractivity contribution in [2.75, 3.05) is 18.0 Å². The zero-order valence-electron chi connectivity index (χ0n) is 15.5. The van der Waals surface area contributed by atoms with Crippen LogP contribution in [0.4, 0.5) is 5.13 Å². The summed E-state index contributed by atoms with van der Waals surface area (Å²) in [6, 6.07) is 0. The van der Waals surface area contributed by atoms with Crippen LogP contribution < -0.4 is 4.90 Å². The molecule has 0 aromatic carbocycles. The first-order valence-electron chi connectivity index (χ1n) is 9.42. The minimum atomic E-state index is 0.0514. The molecule has 1 aliphatic heterocycles. The van der Waals surface area contributed by atoms with Gasteiger partial charge in [0.2, 0.25) is 16.0 Å². The SMILES string of the molecule is CC(C)(C)c1cn2nc(N3CCC(c4noc(C5CC5)n4)CC3)sc2n1. The predicted octanol–water partition coefficient (Wildman–Crippen LogP) is 3.73. The van der Waals surface area contributed by atoms with Gasteiger partial charge in [0.05, 0.1) is 11.9 Å². The number of imidazole rings is 1. The second-order valence-electron chi connectivity index (χ2n) is 8.51. The molecule has 1 saturated heterocycles. The molecule has 2 fully saturated rings. The molecule has 3 aromatic rings. The van der Waals surface area contributed by atoms with E-state index < -0.39 is 0 Å². The second-order valence-corrected chi connectivity index (χ2v) is 9.45. The average molecular weight is 372 g/mol. The van der Waals surface area contributed by atoms with E-state index in [0.717, 1.165) is 53.4 Å². The molecule has 4 heterocycles. The molecule has 0 spiro atoms. The number of aromatic nitrogens is 5. The Balaban J connectivity index is 1.27. The fourth-order valence-corrected chi connectivity index (χ4v) is 4.35. The van der Waals surface area contributed by atoms with Crippen LogP contribution in [0, 0.1) is 0 Å². The van der Waals surface area contributed by atoms with E-state index in [1.54, 1.807) is 11.3 Å². The van der Waals surface area contributed by atoms with Crippen molar-refractivity contribution in [3.05, 3.63) is 23.6 Å². The van der Waals surface area contributed by atoms with Crippen LogP contribution in [0.1, 0.15) is 75.7 Å². The Hall–Kier alpha value is -1.96. The van der Waals surface area contributed by atoms with Crippen molar-refractivity contribution >= 4 is 21.4 Å². The molecule has 7 nitrogen and oxygen atoms in total. The summed E-state index contributed by atoms with van der Waals surface area (Å²) in [5, 5.41) is 10.0. The van der Waals surface area contributed by atoms with Crippen molar-refractivity contribution in [1.82, 2.24) is 24.7 Å². The summed E-state index contributed by atoms with van der Waals surface area (Å²) in [6.45, 7) is 8.48. The summed E-state index contributed by atoms with van der Waals surface area (Å²) in [5.74, 6) is 2.67. The second kappa shape index (κ2) is 5.77. The Morgan fingerprint density at radius 2 is 1.85 bits per heavy atom. The molecule has 8 heteroatoms. The predicted molar refractivity (Wildman–Crippen MR) is 100 cm³/mol. The normalized spacial score (nSPS) is 19.6. The van der Waals surface area contributed by atoms with E-state index >= 15 is 0 Å². The Kier molecular flexibility index (Phi) is 3.60. The number of hydrogen-bond donors (Lipinski definition) is 0. The Morgan fingerprint density at radius 3 is 2.50 bits per heavy atom. The van der Waals surface area contributed by atoms with Gasteiger partial charge in [0.1, 0.15) is 0 Å². The summed E-state index contributed by atoms with van der Waals surface area (Å²) >= 11 is 1.67. The van der Waals surface area contributed by atoms with Gasteiger partial charge in [-0.25, -0.2) is 9.50 Å². The van der Waals surface area contributed by atoms with E-state index in [0.29, 0.717) is 11.8 Å². The van der Waals surface area contributed by atoms with Crippen LogP contribution >= 0.6 is 11.3 Å². The smallest absolute Gasteiger partial charge is 0.229 e. The summed E-state index contributed by atoms with van der Waals surface area (Å²) in [5.41, 5.74) is 1.14. The first-order valence-corrected chi connectivity index (χ1v) is 10.2. The molecule has 0 atom stereocenters. The van der Waals surface area contributed by atoms with Gasteiger partial charge in [0, 0.05) is 30.3 Å². The first-order chi connectivity index (χ1) is 12.5. The summed E-state index contributed by atoms with van der Waals surface area (Å²) in [7, 11) is 0. The fourth-order valence-electron chi connectivity index (χ4n) is 3.42. The van der Waals surface area contributed by atoms with Gasteiger partial charge in [-0.1, -0.05) is 37.3 Å². The Bertz CT molecular complexity index is 892. The average Bonchev–Trinajstić information content (AvgIpc) is 3.04. The maximum absolute atomic E-state index is 5.42. The Morgan fingerprint density at radius 1 is 1.08 bits per heavy atom. The summed E-state index contributed by atoms with van der Waals surface area (Å²) < 4.78 is 7.35. The quantitative estimate of drug-likeness (QED) is 0.697. The number of nitrogens with zero attached hydrogens (tertiary/aromatic N) is 6. The molecule has 0 radical (unpaired) electrons. The van der Waals surface area contributed by atoms with E-state index in [1.165, 1.54) is 12.8 Å². The van der Waals surface area contributed by atoms with Crippen LogP contribution in [-0.2, 0) is 5.41 Å². The largest absolute Gasteiger partial charge is 0.347 e. The maximum atomic E-state index is 5.42. The summed E-state index contributed by atoms with van der Waals surface area (Å²) in [4.78, 5) is 12.7. The maximum Gasteiger partial charge on any atom is 0.229 e. The van der Waals surface area contributed by atoms with E-state index in [9.17, 15) is 0 Å². The molecule has 0 amide bonds. The van der Waals surface area contributed by atoms with E-state index in [1.807, 2.05) is 4.52 Å². The third-order valence-corrected chi connectivity index (χ3v) is 6.30. The monoisotopic (exact) mass is 372 g/mol. The van der Waals surface area contributed by atoms with Gasteiger partial charge in [-0.3, -0.25) is 0 Å². The van der Waals surface area contributed by atoms with Crippen LogP contribution in [0.3, 0.4) is 0 Å². The van der Waals surface area contributed by atoms with E-state index in [2.05, 4.69) is 42.0 Å². The van der Waals surface area contributed by atoms with Crippen LogP contribution in [0.5, 0.6) is 0 Å². The van der Waals surface area contributed by atoms with Crippen LogP contribution in [0.15, 0.2) is 10.7 Å². The Labute approximate surface area is 156 Å². The van der Waals surface area contributed by atoms with Crippen LogP contribution in [0.25, 0.3) is 4.96 Å². The van der Waals surface area contributed by atoms with Crippen LogP contribution in [-0.4, -0.2) is 37.8 Å². The van der Waals surface area contributed by atoms with Crippen molar-refractivity contribution in [3.63, 3.8) is 0 Å². The lowest BCUT2D eigenvalue weighted by atomic mass is 9.93. The number of fused-ring (bicyclic) bond motifs is 1. The topological polar surface area (TPSA) is 72.3 Å². The number of hydrogen-bond acceptors (Lipinski definition) is 7. The number of rotatable bonds is 3. The van der Waals surface area contributed by atoms with Crippen LogP contribution in [0.2, 0.25) is 0 Å². The molecule has 3 aromatic heterocycles. The molecule has 1 saturated carbocycles. The van der Waals surface area contributed by atoms with Gasteiger partial charge in [-0.2, -0.15) is 4.98 Å². The highest BCUT2D eigenvalue weighted by Gasteiger charge is 2.32. The van der Waals surface area contributed by atoms with Gasteiger partial charge in [-0.15, -0.1) is 5.10 Å². The third-order valence-electron chi connectivity index (χ3n) is 5.32. The van der Waals surface area contributed by atoms with Gasteiger partial charge in [0.25, 0.3) is 0 Å². The van der Waals surface area contributed by atoms with Crippen molar-refractivity contribution in [1.29, 1.82) is 0 Å². The summed E-state index contributed by atoms with van der Waals surface area (Å²) in [6.07, 6.45) is 6.53. The zero-order chi connectivity index (χ0) is 17.9. The van der Waals surface area contributed by atoms with Gasteiger partial charge in [0.15, 0.2) is 5.82 Å². The molecule has 0 unspecified atom stereocenters. The zero-order valence-corrected chi connectivity index (χ0v) is 16.3. The molecule has 1 aliphatic carbocycles. The number of piperidine rings is 1. The highest BCUT2D eigenvalue weighted by Crippen LogP contribution is 2.40. The molecule has 5 rings (SSSR count). The van der Waals surface area contributed by atoms with Gasteiger partial charge >= 0.3 is 0 Å². The lowest BCUT2D eigenvalue weighted by Gasteiger charge is -2.29. The molecule has 26 heavy (non-hydrogen) atoms. The van der Waals surface area contributed by atoms with E-state index in [-0.39, 0.29) is 5.41 Å². The lowest BCUT2D eigenvalue weighted by Crippen LogP contribution is -2.33. The van der Waals surface area contributed by atoms with Crippen molar-refractivity contribution < 1.29 is 4.52 Å². The minimum Gasteiger partial charge on any atom is -0.347 e. The highest BCUT2D eigenvalue weighted by molar-refractivity contribution is 7.20. The van der Waals surface area contributed by atoms with Crippen molar-refractivity contribution in [2.45, 2.75) is 63.7 Å². The molecule has 2 aliphatic rings. The third kappa shape index (κ3) is 2.90. The van der Waals surface area contributed by atoms with Crippen molar-refractivity contribution in [2.24, 2.45) is 0 Å². The van der Waals surface area contributed by atoms with E-state index in [4.69, 9.17) is 14.6 Å². The highest BCUT2D eigenvalue weighted by atomic mass is 32.1. The van der Waals surface area contributed by atoms with Gasteiger partial charge in [-0.05, 0) is 25.7 Å². The van der Waals surface area contributed by atoms with Gasteiger partial charge < -0.3 is 9.42 Å². The first kappa shape index (κ1) is 16.2. The molecule has 0 bridgehead atoms. The molecular formula is C18H24N6OS. The fraction of sp³-hybridized carbons (Fsp3) is 0.667. The molecule has 138 valence electrons. The molecule has 0 N–H and O–H groups in total. The molecular weight excluding hydrogens is 348 g/mol. The number of anilines is 1. The standard InChI is InChI=1S/C18H24N6OS/c1-18(2,3)13-10-24-16(19-13)26-17(21-24)23-8-6-11(7-9-23)14-20-15(25-22-14)12-4-5-12/h10-12H,4-9H2,1-3H3. The lowest BCUT2D eigenvalue weighted by molar-refractivity contribution is 0.365. The minimum absolute atomic E-state index is 0.0514. The van der Waals surface area contributed by atoms with Crippen molar-refractivity contribution in [3.8, 4) is 0 Å².